The molecule has 1 atom stereocenters. The van der Waals surface area contributed by atoms with Crippen LogP contribution in [0.5, 0.6) is 0 Å². The molecule has 0 saturated heterocycles. The number of benzene rings is 1. The van der Waals surface area contributed by atoms with Crippen molar-refractivity contribution in [1.82, 2.24) is 5.32 Å². The predicted molar refractivity (Wildman–Crippen MR) is 74.8 cm³/mol. The summed E-state index contributed by atoms with van der Waals surface area (Å²) in [6.45, 7) is 5.53. The summed E-state index contributed by atoms with van der Waals surface area (Å²) in [5, 5.41) is 4.87. The highest BCUT2D eigenvalue weighted by atomic mass is 35.5. The molecule has 0 spiro atoms. The van der Waals surface area contributed by atoms with Gasteiger partial charge in [-0.25, -0.2) is 0 Å². The van der Waals surface area contributed by atoms with Crippen LogP contribution < -0.4 is 5.32 Å². The van der Waals surface area contributed by atoms with E-state index in [1.165, 1.54) is 19.3 Å². The summed E-state index contributed by atoms with van der Waals surface area (Å²) < 4.78 is 0. The molecule has 1 aromatic rings. The van der Waals surface area contributed by atoms with Gasteiger partial charge in [-0.05, 0) is 36.8 Å². The molecule has 1 aliphatic carbocycles. The molecular weight excluding hydrogens is 253 g/mol. The van der Waals surface area contributed by atoms with Crippen molar-refractivity contribution < 1.29 is 0 Å². The smallest absolute Gasteiger partial charge is 0.0639 e. The van der Waals surface area contributed by atoms with E-state index in [0.717, 1.165) is 12.1 Å². The lowest BCUT2D eigenvalue weighted by Crippen LogP contribution is -2.38. The van der Waals surface area contributed by atoms with E-state index >= 15 is 0 Å². The molecule has 1 unspecified atom stereocenters. The largest absolute Gasteiger partial charge is 0.310 e. The van der Waals surface area contributed by atoms with E-state index < -0.39 is 0 Å². The van der Waals surface area contributed by atoms with E-state index in [9.17, 15) is 0 Å². The van der Waals surface area contributed by atoms with E-state index in [4.69, 9.17) is 23.2 Å². The highest BCUT2D eigenvalue weighted by Gasteiger charge is 2.31. The van der Waals surface area contributed by atoms with Crippen LogP contribution in [0.1, 0.15) is 44.7 Å². The molecule has 1 aliphatic rings. The predicted octanol–water partition coefficient (Wildman–Crippen LogP) is 4.83. The van der Waals surface area contributed by atoms with Crippen molar-refractivity contribution in [2.45, 2.75) is 39.2 Å². The van der Waals surface area contributed by atoms with Crippen LogP contribution in [0, 0.1) is 5.41 Å². The summed E-state index contributed by atoms with van der Waals surface area (Å²) >= 11 is 12.2. The fourth-order valence-electron chi connectivity index (χ4n) is 2.32. The molecule has 1 aromatic carbocycles. The third-order valence-corrected chi connectivity index (χ3v) is 4.68. The minimum atomic E-state index is 0.249. The molecule has 0 radical (unpaired) electrons. The molecule has 1 saturated carbocycles. The zero-order valence-electron chi connectivity index (χ0n) is 10.4. The van der Waals surface area contributed by atoms with Gasteiger partial charge in [-0.15, -0.1) is 0 Å². The summed E-state index contributed by atoms with van der Waals surface area (Å²) in [4.78, 5) is 0. The first-order chi connectivity index (χ1) is 8.02. The highest BCUT2D eigenvalue weighted by Crippen LogP contribution is 2.40. The Morgan fingerprint density at radius 1 is 1.35 bits per heavy atom. The van der Waals surface area contributed by atoms with Crippen molar-refractivity contribution >= 4 is 23.2 Å². The maximum Gasteiger partial charge on any atom is 0.0639 e. The van der Waals surface area contributed by atoms with Crippen LogP contribution in [0.4, 0.5) is 0 Å². The van der Waals surface area contributed by atoms with Crippen LogP contribution in [0.25, 0.3) is 0 Å². The third-order valence-electron chi connectivity index (χ3n) is 3.84. The monoisotopic (exact) mass is 271 g/mol. The third kappa shape index (κ3) is 2.96. The van der Waals surface area contributed by atoms with Gasteiger partial charge >= 0.3 is 0 Å². The molecule has 94 valence electrons. The summed E-state index contributed by atoms with van der Waals surface area (Å²) in [5.41, 5.74) is 1.57. The van der Waals surface area contributed by atoms with E-state index in [2.05, 4.69) is 19.2 Å². The Morgan fingerprint density at radius 3 is 2.65 bits per heavy atom. The van der Waals surface area contributed by atoms with Gasteiger partial charge in [0.05, 0.1) is 10.0 Å². The Morgan fingerprint density at radius 2 is 2.06 bits per heavy atom. The lowest BCUT2D eigenvalue weighted by Gasteiger charge is -2.39. The number of hydrogen-bond donors (Lipinski definition) is 1. The van der Waals surface area contributed by atoms with Crippen molar-refractivity contribution in [1.29, 1.82) is 0 Å². The number of rotatable bonds is 4. The van der Waals surface area contributed by atoms with E-state index in [0.29, 0.717) is 15.5 Å². The molecule has 1 N–H and O–H groups in total. The second-order valence-corrected chi connectivity index (χ2v) is 6.20. The van der Waals surface area contributed by atoms with Gasteiger partial charge in [0.15, 0.2) is 0 Å². The summed E-state index contributed by atoms with van der Waals surface area (Å²) in [6.07, 6.45) is 4.02. The van der Waals surface area contributed by atoms with Gasteiger partial charge in [-0.1, -0.05) is 48.7 Å². The van der Waals surface area contributed by atoms with Crippen molar-refractivity contribution in [2.75, 3.05) is 6.54 Å². The first kappa shape index (κ1) is 13.2. The number of hydrogen-bond acceptors (Lipinski definition) is 1. The average Bonchev–Trinajstić information content (AvgIpc) is 2.27. The first-order valence-corrected chi connectivity index (χ1v) is 6.95. The van der Waals surface area contributed by atoms with E-state index in [1.54, 1.807) is 0 Å². The Labute approximate surface area is 114 Å². The normalized spacial score (nSPS) is 19.8. The topological polar surface area (TPSA) is 12.0 Å². The fraction of sp³-hybridized carbons (Fsp3) is 0.571. The van der Waals surface area contributed by atoms with Gasteiger partial charge in [0.25, 0.3) is 0 Å². The van der Waals surface area contributed by atoms with Crippen molar-refractivity contribution in [3.05, 3.63) is 33.8 Å². The zero-order chi connectivity index (χ0) is 12.5. The van der Waals surface area contributed by atoms with Crippen LogP contribution in [-0.2, 0) is 0 Å². The van der Waals surface area contributed by atoms with Crippen LogP contribution in [0.2, 0.25) is 10.0 Å². The molecule has 17 heavy (non-hydrogen) atoms. The molecule has 0 bridgehead atoms. The summed E-state index contributed by atoms with van der Waals surface area (Å²) in [7, 11) is 0. The van der Waals surface area contributed by atoms with Gasteiger partial charge in [0, 0.05) is 12.6 Å². The quantitative estimate of drug-likeness (QED) is 0.827. The Hall–Kier alpha value is -0.240. The Bertz CT molecular complexity index is 399. The molecule has 2 rings (SSSR count). The maximum absolute atomic E-state index is 6.21. The van der Waals surface area contributed by atoms with Crippen LogP contribution in [0.3, 0.4) is 0 Å². The maximum atomic E-state index is 6.21. The SMILES string of the molecule is CC(NCC1(C)CCC1)c1cccc(Cl)c1Cl. The summed E-state index contributed by atoms with van der Waals surface area (Å²) in [5.74, 6) is 0. The number of nitrogens with one attached hydrogen (secondary N) is 1. The van der Waals surface area contributed by atoms with Crippen molar-refractivity contribution in [3.8, 4) is 0 Å². The summed E-state index contributed by atoms with van der Waals surface area (Å²) in [6, 6.07) is 6.06. The zero-order valence-corrected chi connectivity index (χ0v) is 11.9. The van der Waals surface area contributed by atoms with Crippen LogP contribution >= 0.6 is 23.2 Å². The Kier molecular flexibility index (Phi) is 4.02. The highest BCUT2D eigenvalue weighted by molar-refractivity contribution is 6.42. The molecule has 0 aromatic heterocycles. The Balaban J connectivity index is 1.99. The van der Waals surface area contributed by atoms with Crippen molar-refractivity contribution in [2.24, 2.45) is 5.41 Å². The molecule has 0 aliphatic heterocycles. The van der Waals surface area contributed by atoms with Crippen LogP contribution in [0.15, 0.2) is 18.2 Å². The fourth-order valence-corrected chi connectivity index (χ4v) is 2.79. The van der Waals surface area contributed by atoms with Gasteiger partial charge in [0.1, 0.15) is 0 Å². The second kappa shape index (κ2) is 5.17. The second-order valence-electron chi connectivity index (χ2n) is 5.41. The average molecular weight is 272 g/mol. The lowest BCUT2D eigenvalue weighted by atomic mass is 9.70. The van der Waals surface area contributed by atoms with Gasteiger partial charge < -0.3 is 5.32 Å². The lowest BCUT2D eigenvalue weighted by molar-refractivity contribution is 0.152. The first-order valence-electron chi connectivity index (χ1n) is 6.19. The molecule has 1 nitrogen and oxygen atoms in total. The van der Waals surface area contributed by atoms with Crippen LogP contribution in [-0.4, -0.2) is 6.54 Å². The minimum Gasteiger partial charge on any atom is -0.310 e. The molecular formula is C14H19Cl2N. The number of halogens is 2. The van der Waals surface area contributed by atoms with E-state index in [-0.39, 0.29) is 6.04 Å². The standard InChI is InChI=1S/C14H19Cl2N/c1-10(17-9-14(2)7-4-8-14)11-5-3-6-12(15)13(11)16/h3,5-6,10,17H,4,7-9H2,1-2H3. The minimum absolute atomic E-state index is 0.249. The van der Waals surface area contributed by atoms with Gasteiger partial charge in [-0.2, -0.15) is 0 Å². The molecule has 1 fully saturated rings. The molecule has 0 amide bonds. The van der Waals surface area contributed by atoms with Crippen molar-refractivity contribution in [3.63, 3.8) is 0 Å². The van der Waals surface area contributed by atoms with Gasteiger partial charge in [0.2, 0.25) is 0 Å². The van der Waals surface area contributed by atoms with Gasteiger partial charge in [-0.3, -0.25) is 0 Å². The van der Waals surface area contributed by atoms with E-state index in [1.807, 2.05) is 18.2 Å². The molecule has 3 heteroatoms. The molecule has 0 heterocycles.